The van der Waals surface area contributed by atoms with E-state index in [-0.39, 0.29) is 11.3 Å². The number of benzene rings is 2. The van der Waals surface area contributed by atoms with Crippen LogP contribution in [0, 0.1) is 0 Å². The van der Waals surface area contributed by atoms with Crippen molar-refractivity contribution in [2.45, 2.75) is 10.6 Å². The normalized spacial score (nSPS) is 10.5. The first-order valence-electron chi connectivity index (χ1n) is 7.70. The van der Waals surface area contributed by atoms with Gasteiger partial charge in [0.05, 0.1) is 26.1 Å². The Morgan fingerprint density at radius 1 is 1.04 bits per heavy atom. The molecule has 0 radical (unpaired) electrons. The average molecular weight is 354 g/mol. The topological polar surface area (TPSA) is 53.4 Å². The van der Waals surface area contributed by atoms with Crippen molar-refractivity contribution in [2.24, 2.45) is 0 Å². The minimum absolute atomic E-state index is 0.139. The van der Waals surface area contributed by atoms with Crippen LogP contribution in [-0.4, -0.2) is 24.0 Å². The molecule has 0 saturated carbocycles. The summed E-state index contributed by atoms with van der Waals surface area (Å²) in [6.45, 7) is 0. The molecule has 3 rings (SSSR count). The Morgan fingerprint density at radius 3 is 2.56 bits per heavy atom. The highest BCUT2D eigenvalue weighted by atomic mass is 32.2. The molecule has 0 amide bonds. The van der Waals surface area contributed by atoms with Gasteiger partial charge in [0, 0.05) is 10.6 Å². The van der Waals surface area contributed by atoms with E-state index in [4.69, 9.17) is 9.47 Å². The number of hydrogen-bond acceptors (Lipinski definition) is 5. The summed E-state index contributed by atoms with van der Waals surface area (Å²) < 4.78 is 11.6. The summed E-state index contributed by atoms with van der Waals surface area (Å²) in [5.41, 5.74) is 1.58. The molecule has 1 heterocycles. The minimum Gasteiger partial charge on any atom is -0.491 e. The van der Waals surface area contributed by atoms with E-state index < -0.39 is 0 Å². The first-order valence-corrected chi connectivity index (χ1v) is 8.69. The van der Waals surface area contributed by atoms with Crippen LogP contribution in [0.25, 0.3) is 5.69 Å². The predicted molar refractivity (Wildman–Crippen MR) is 98.9 cm³/mol. The molecule has 0 N–H and O–H groups in total. The summed E-state index contributed by atoms with van der Waals surface area (Å²) in [6, 6.07) is 18.0. The standard InChI is InChI=1S/C19H18N2O3S/c1-23-17-12-20-21(19(22)18(17)24-2)15-9-6-10-16(11-15)25-13-14-7-4-3-5-8-14/h3-12H,13H2,1-2H3. The average Bonchev–Trinajstić information content (AvgIpc) is 2.67. The largest absolute Gasteiger partial charge is 0.491 e. The van der Waals surface area contributed by atoms with Crippen LogP contribution < -0.4 is 15.0 Å². The minimum atomic E-state index is -0.355. The Balaban J connectivity index is 1.88. The molecule has 5 nitrogen and oxygen atoms in total. The third-order valence-corrected chi connectivity index (χ3v) is 4.70. The molecule has 0 aliphatic rings. The SMILES string of the molecule is COc1cnn(-c2cccc(SCc3ccccc3)c2)c(=O)c1OC. The van der Waals surface area contributed by atoms with Crippen molar-refractivity contribution in [3.63, 3.8) is 0 Å². The van der Waals surface area contributed by atoms with E-state index in [1.165, 1.54) is 30.7 Å². The third-order valence-electron chi connectivity index (χ3n) is 3.64. The Kier molecular flexibility index (Phi) is 5.40. The fourth-order valence-electron chi connectivity index (χ4n) is 2.39. The lowest BCUT2D eigenvalue weighted by Crippen LogP contribution is -2.22. The highest BCUT2D eigenvalue weighted by molar-refractivity contribution is 7.98. The summed E-state index contributed by atoms with van der Waals surface area (Å²) in [4.78, 5) is 13.6. The number of methoxy groups -OCH3 is 2. The highest BCUT2D eigenvalue weighted by Gasteiger charge is 2.13. The van der Waals surface area contributed by atoms with Crippen molar-refractivity contribution in [2.75, 3.05) is 14.2 Å². The van der Waals surface area contributed by atoms with Gasteiger partial charge in [0.2, 0.25) is 5.75 Å². The van der Waals surface area contributed by atoms with Gasteiger partial charge in [-0.2, -0.15) is 9.78 Å². The lowest BCUT2D eigenvalue weighted by atomic mass is 10.2. The van der Waals surface area contributed by atoms with Gasteiger partial charge in [-0.05, 0) is 23.8 Å². The van der Waals surface area contributed by atoms with Gasteiger partial charge in [0.25, 0.3) is 0 Å². The molecule has 3 aromatic rings. The summed E-state index contributed by atoms with van der Waals surface area (Å²) in [5.74, 6) is 1.32. The van der Waals surface area contributed by atoms with Crippen LogP contribution in [0.1, 0.15) is 5.56 Å². The second-order valence-corrected chi connectivity index (χ2v) is 6.28. The number of rotatable bonds is 6. The van der Waals surface area contributed by atoms with E-state index in [0.29, 0.717) is 11.4 Å². The van der Waals surface area contributed by atoms with Gasteiger partial charge in [-0.3, -0.25) is 4.79 Å². The molecular formula is C19H18N2O3S. The molecular weight excluding hydrogens is 336 g/mol. The summed E-state index contributed by atoms with van der Waals surface area (Å²) in [6.07, 6.45) is 1.48. The Hall–Kier alpha value is -2.73. The first-order chi connectivity index (χ1) is 12.2. The Labute approximate surface area is 150 Å². The Morgan fingerprint density at radius 2 is 1.84 bits per heavy atom. The van der Waals surface area contributed by atoms with E-state index >= 15 is 0 Å². The molecule has 0 saturated heterocycles. The fourth-order valence-corrected chi connectivity index (χ4v) is 3.29. The van der Waals surface area contributed by atoms with E-state index in [1.54, 1.807) is 11.8 Å². The van der Waals surface area contributed by atoms with Crippen molar-refractivity contribution in [3.8, 4) is 17.2 Å². The number of aromatic nitrogens is 2. The van der Waals surface area contributed by atoms with E-state index in [9.17, 15) is 4.79 Å². The van der Waals surface area contributed by atoms with Crippen molar-refractivity contribution < 1.29 is 9.47 Å². The van der Waals surface area contributed by atoms with Crippen LogP contribution in [0.3, 0.4) is 0 Å². The maximum Gasteiger partial charge on any atom is 0.317 e. The zero-order valence-corrected chi connectivity index (χ0v) is 14.8. The van der Waals surface area contributed by atoms with Crippen LogP contribution in [0.15, 0.2) is 70.5 Å². The Bertz CT molecular complexity index is 910. The van der Waals surface area contributed by atoms with Gasteiger partial charge in [0.15, 0.2) is 5.75 Å². The molecule has 1 aromatic heterocycles. The van der Waals surface area contributed by atoms with Gasteiger partial charge in [-0.15, -0.1) is 11.8 Å². The number of hydrogen-bond donors (Lipinski definition) is 0. The zero-order valence-electron chi connectivity index (χ0n) is 14.0. The predicted octanol–water partition coefficient (Wildman–Crippen LogP) is 3.54. The molecule has 0 bridgehead atoms. The van der Waals surface area contributed by atoms with E-state index in [0.717, 1.165) is 10.6 Å². The molecule has 128 valence electrons. The van der Waals surface area contributed by atoms with Crippen molar-refractivity contribution in [1.82, 2.24) is 9.78 Å². The van der Waals surface area contributed by atoms with Crippen molar-refractivity contribution in [3.05, 3.63) is 76.7 Å². The first kappa shape index (κ1) is 17.1. The van der Waals surface area contributed by atoms with Crippen LogP contribution in [-0.2, 0) is 5.75 Å². The van der Waals surface area contributed by atoms with Crippen LogP contribution in [0.2, 0.25) is 0 Å². The number of thioether (sulfide) groups is 1. The molecule has 0 aliphatic carbocycles. The third kappa shape index (κ3) is 3.85. The van der Waals surface area contributed by atoms with Crippen LogP contribution in [0.5, 0.6) is 11.5 Å². The van der Waals surface area contributed by atoms with Gasteiger partial charge >= 0.3 is 5.56 Å². The quantitative estimate of drug-likeness (QED) is 0.634. The smallest absolute Gasteiger partial charge is 0.317 e. The molecule has 0 spiro atoms. The molecule has 0 atom stereocenters. The molecule has 6 heteroatoms. The van der Waals surface area contributed by atoms with Gasteiger partial charge in [-0.25, -0.2) is 0 Å². The van der Waals surface area contributed by atoms with Crippen molar-refractivity contribution in [1.29, 1.82) is 0 Å². The van der Waals surface area contributed by atoms with E-state index in [1.807, 2.05) is 42.5 Å². The monoisotopic (exact) mass is 354 g/mol. The molecule has 25 heavy (non-hydrogen) atoms. The summed E-state index contributed by atoms with van der Waals surface area (Å²) in [5, 5.41) is 4.18. The zero-order chi connectivity index (χ0) is 17.6. The van der Waals surface area contributed by atoms with Gasteiger partial charge in [-0.1, -0.05) is 36.4 Å². The second-order valence-electron chi connectivity index (χ2n) is 5.23. The van der Waals surface area contributed by atoms with Gasteiger partial charge < -0.3 is 9.47 Å². The second kappa shape index (κ2) is 7.90. The van der Waals surface area contributed by atoms with Crippen LogP contribution in [0.4, 0.5) is 0 Å². The number of nitrogens with zero attached hydrogens (tertiary/aromatic N) is 2. The lowest BCUT2D eigenvalue weighted by molar-refractivity contribution is 0.344. The molecule has 2 aromatic carbocycles. The van der Waals surface area contributed by atoms with Gasteiger partial charge in [0.1, 0.15) is 0 Å². The van der Waals surface area contributed by atoms with Crippen LogP contribution >= 0.6 is 11.8 Å². The molecule has 0 aliphatic heterocycles. The maximum absolute atomic E-state index is 12.6. The summed E-state index contributed by atoms with van der Waals surface area (Å²) >= 11 is 1.71. The fraction of sp³-hybridized carbons (Fsp3) is 0.158. The molecule has 0 fully saturated rings. The van der Waals surface area contributed by atoms with Crippen molar-refractivity contribution >= 4 is 11.8 Å². The summed E-state index contributed by atoms with van der Waals surface area (Å²) in [7, 11) is 2.92. The number of ether oxygens (including phenoxy) is 2. The molecule has 0 unspecified atom stereocenters. The maximum atomic E-state index is 12.6. The highest BCUT2D eigenvalue weighted by Crippen LogP contribution is 2.25. The lowest BCUT2D eigenvalue weighted by Gasteiger charge is -2.10. The van der Waals surface area contributed by atoms with E-state index in [2.05, 4.69) is 17.2 Å².